The molecule has 7 heteroatoms. The first-order valence-corrected chi connectivity index (χ1v) is 7.47. The number of hydrogen-bond donors (Lipinski definition) is 3. The number of nitrogens with one attached hydrogen (secondary N) is 2. The van der Waals surface area contributed by atoms with E-state index in [0.717, 1.165) is 4.47 Å². The Balaban J connectivity index is 2.14. The minimum absolute atomic E-state index is 0.313. The highest BCUT2D eigenvalue weighted by Gasteiger charge is 2.09. The molecule has 2 rings (SSSR count). The molecule has 0 heterocycles. The number of primary amides is 1. The van der Waals surface area contributed by atoms with Gasteiger partial charge in [0.15, 0.2) is 5.11 Å². The van der Waals surface area contributed by atoms with E-state index in [-0.39, 0.29) is 0 Å². The number of anilines is 2. The summed E-state index contributed by atoms with van der Waals surface area (Å²) in [6.07, 6.45) is 0. The Labute approximate surface area is 140 Å². The average Bonchev–Trinajstić information content (AvgIpc) is 2.42. The number of benzene rings is 2. The number of nitrogens with two attached hydrogens (primary N) is 1. The average molecular weight is 385 g/mol. The summed E-state index contributed by atoms with van der Waals surface area (Å²) < 4.78 is 0.871. The predicted octanol–water partition coefficient (Wildman–Crippen LogP) is 4.01. The molecule has 0 saturated carbocycles. The molecule has 4 nitrogen and oxygen atoms in total. The molecule has 21 heavy (non-hydrogen) atoms. The second-order valence-electron chi connectivity index (χ2n) is 4.11. The lowest BCUT2D eigenvalue weighted by atomic mass is 10.1. The van der Waals surface area contributed by atoms with Crippen molar-refractivity contribution in [3.8, 4) is 0 Å². The summed E-state index contributed by atoms with van der Waals surface area (Å²) in [4.78, 5) is 11.3. The lowest BCUT2D eigenvalue weighted by molar-refractivity contribution is 0.100. The van der Waals surface area contributed by atoms with E-state index in [4.69, 9.17) is 29.6 Å². The van der Waals surface area contributed by atoms with Gasteiger partial charge in [-0.2, -0.15) is 0 Å². The molecule has 0 aliphatic heterocycles. The molecule has 0 bridgehead atoms. The largest absolute Gasteiger partial charge is 0.366 e. The Morgan fingerprint density at radius 1 is 1.14 bits per heavy atom. The van der Waals surface area contributed by atoms with Crippen molar-refractivity contribution in [2.45, 2.75) is 0 Å². The monoisotopic (exact) mass is 383 g/mol. The Morgan fingerprint density at radius 3 is 2.48 bits per heavy atom. The van der Waals surface area contributed by atoms with Gasteiger partial charge in [-0.3, -0.25) is 4.79 Å². The van der Waals surface area contributed by atoms with Gasteiger partial charge in [-0.05, 0) is 42.5 Å². The van der Waals surface area contributed by atoms with Crippen LogP contribution in [0.2, 0.25) is 5.02 Å². The van der Waals surface area contributed by atoms with E-state index in [0.29, 0.717) is 27.1 Å². The van der Waals surface area contributed by atoms with Crippen LogP contribution in [0.15, 0.2) is 46.9 Å². The molecular weight excluding hydrogens is 374 g/mol. The van der Waals surface area contributed by atoms with E-state index in [1.807, 2.05) is 6.07 Å². The zero-order chi connectivity index (χ0) is 15.4. The number of carbonyl (C=O) groups excluding carboxylic acids is 1. The molecule has 2 aromatic rings. The zero-order valence-corrected chi connectivity index (χ0v) is 13.8. The zero-order valence-electron chi connectivity index (χ0n) is 10.7. The van der Waals surface area contributed by atoms with Crippen LogP contribution in [0.3, 0.4) is 0 Å². The lowest BCUT2D eigenvalue weighted by Gasteiger charge is -2.13. The highest BCUT2D eigenvalue weighted by molar-refractivity contribution is 9.10. The number of amides is 1. The van der Waals surface area contributed by atoms with Crippen LogP contribution in [-0.2, 0) is 0 Å². The summed E-state index contributed by atoms with van der Waals surface area (Å²) in [6, 6.07) is 12.2. The maximum Gasteiger partial charge on any atom is 0.250 e. The summed E-state index contributed by atoms with van der Waals surface area (Å²) >= 11 is 14.6. The summed E-state index contributed by atoms with van der Waals surface area (Å²) in [5.74, 6) is -0.525. The standard InChI is InChI=1S/C14H11BrClN3OS/c15-8-5-6-12(10(16)7-8)19-14(21)18-11-4-2-1-3-9(11)13(17)20/h1-7H,(H2,17,20)(H2,18,19,21). The van der Waals surface area contributed by atoms with Gasteiger partial charge in [0.05, 0.1) is 22.0 Å². The molecule has 0 atom stereocenters. The van der Waals surface area contributed by atoms with Crippen molar-refractivity contribution in [3.63, 3.8) is 0 Å². The van der Waals surface area contributed by atoms with Crippen LogP contribution in [-0.4, -0.2) is 11.0 Å². The van der Waals surface area contributed by atoms with Crippen LogP contribution in [0.5, 0.6) is 0 Å². The highest BCUT2D eigenvalue weighted by atomic mass is 79.9. The van der Waals surface area contributed by atoms with Crippen molar-refractivity contribution in [2.75, 3.05) is 10.6 Å². The quantitative estimate of drug-likeness (QED) is 0.700. The van der Waals surface area contributed by atoms with Crippen LogP contribution in [0.4, 0.5) is 11.4 Å². The van der Waals surface area contributed by atoms with E-state index in [1.165, 1.54) is 0 Å². The highest BCUT2D eigenvalue weighted by Crippen LogP contribution is 2.26. The molecule has 0 radical (unpaired) electrons. The van der Waals surface area contributed by atoms with Crippen molar-refractivity contribution in [1.82, 2.24) is 0 Å². The maximum absolute atomic E-state index is 11.3. The molecule has 2 aromatic carbocycles. The van der Waals surface area contributed by atoms with E-state index in [2.05, 4.69) is 26.6 Å². The van der Waals surface area contributed by atoms with E-state index in [9.17, 15) is 4.79 Å². The predicted molar refractivity (Wildman–Crippen MR) is 94.0 cm³/mol. The minimum atomic E-state index is -0.525. The first-order valence-electron chi connectivity index (χ1n) is 5.89. The summed E-state index contributed by atoms with van der Waals surface area (Å²) in [7, 11) is 0. The Bertz CT molecular complexity index is 708. The third-order valence-corrected chi connectivity index (χ3v) is 3.63. The van der Waals surface area contributed by atoms with Gasteiger partial charge in [-0.15, -0.1) is 0 Å². The third-order valence-electron chi connectivity index (χ3n) is 2.62. The van der Waals surface area contributed by atoms with Gasteiger partial charge in [0, 0.05) is 4.47 Å². The van der Waals surface area contributed by atoms with Crippen LogP contribution in [0.25, 0.3) is 0 Å². The van der Waals surface area contributed by atoms with Gasteiger partial charge in [0.25, 0.3) is 5.91 Å². The molecule has 108 valence electrons. The SMILES string of the molecule is NC(=O)c1ccccc1NC(=S)Nc1ccc(Br)cc1Cl. The van der Waals surface area contributed by atoms with Gasteiger partial charge in [0.1, 0.15) is 0 Å². The molecule has 0 spiro atoms. The fourth-order valence-corrected chi connectivity index (χ4v) is 2.61. The Kier molecular flexibility index (Phi) is 5.17. The first-order chi connectivity index (χ1) is 9.97. The number of hydrogen-bond acceptors (Lipinski definition) is 2. The number of rotatable bonds is 3. The van der Waals surface area contributed by atoms with Crippen molar-refractivity contribution in [3.05, 3.63) is 57.5 Å². The van der Waals surface area contributed by atoms with Gasteiger partial charge < -0.3 is 16.4 Å². The van der Waals surface area contributed by atoms with Crippen LogP contribution in [0.1, 0.15) is 10.4 Å². The first kappa shape index (κ1) is 15.8. The van der Waals surface area contributed by atoms with Gasteiger partial charge in [0.2, 0.25) is 0 Å². The second kappa shape index (κ2) is 6.89. The number of para-hydroxylation sites is 1. The topological polar surface area (TPSA) is 67.2 Å². The molecule has 0 aliphatic carbocycles. The van der Waals surface area contributed by atoms with Crippen LogP contribution < -0.4 is 16.4 Å². The summed E-state index contributed by atoms with van der Waals surface area (Å²) in [6.45, 7) is 0. The molecule has 0 aliphatic rings. The smallest absolute Gasteiger partial charge is 0.250 e. The number of carbonyl (C=O) groups is 1. The van der Waals surface area contributed by atoms with Gasteiger partial charge >= 0.3 is 0 Å². The molecule has 0 saturated heterocycles. The van der Waals surface area contributed by atoms with E-state index >= 15 is 0 Å². The fourth-order valence-electron chi connectivity index (χ4n) is 1.67. The lowest BCUT2D eigenvalue weighted by Crippen LogP contribution is -2.22. The van der Waals surface area contributed by atoms with Crippen LogP contribution >= 0.6 is 39.7 Å². The molecule has 0 unspecified atom stereocenters. The van der Waals surface area contributed by atoms with E-state index < -0.39 is 5.91 Å². The Hall–Kier alpha value is -1.63. The van der Waals surface area contributed by atoms with Crippen molar-refractivity contribution < 1.29 is 4.79 Å². The molecule has 0 aromatic heterocycles. The van der Waals surface area contributed by atoms with Gasteiger partial charge in [-0.25, -0.2) is 0 Å². The fraction of sp³-hybridized carbons (Fsp3) is 0. The molecule has 1 amide bonds. The number of thiocarbonyl (C=S) groups is 1. The number of halogens is 2. The minimum Gasteiger partial charge on any atom is -0.366 e. The summed E-state index contributed by atoms with van der Waals surface area (Å²) in [5, 5.41) is 6.74. The molecule has 0 fully saturated rings. The Morgan fingerprint density at radius 2 is 1.81 bits per heavy atom. The van der Waals surface area contributed by atoms with Crippen molar-refractivity contribution >= 4 is 62.1 Å². The summed E-state index contributed by atoms with van der Waals surface area (Å²) in [5.41, 5.74) is 6.88. The van der Waals surface area contributed by atoms with Gasteiger partial charge in [-0.1, -0.05) is 39.7 Å². The van der Waals surface area contributed by atoms with Crippen LogP contribution in [0, 0.1) is 0 Å². The van der Waals surface area contributed by atoms with Crippen molar-refractivity contribution in [2.24, 2.45) is 5.73 Å². The second-order valence-corrected chi connectivity index (χ2v) is 5.84. The molecular formula is C14H11BrClN3OS. The third kappa shape index (κ3) is 4.17. The maximum atomic E-state index is 11.3. The normalized spacial score (nSPS) is 10.0. The molecule has 4 N–H and O–H groups in total. The van der Waals surface area contributed by atoms with E-state index in [1.54, 1.807) is 36.4 Å². The van der Waals surface area contributed by atoms with Crippen molar-refractivity contribution in [1.29, 1.82) is 0 Å².